The molecule has 21 heavy (non-hydrogen) atoms. The van der Waals surface area contributed by atoms with Gasteiger partial charge < -0.3 is 15.1 Å². The molecule has 1 fully saturated rings. The summed E-state index contributed by atoms with van der Waals surface area (Å²) in [7, 11) is 0. The van der Waals surface area contributed by atoms with Crippen molar-refractivity contribution >= 4 is 5.69 Å². The average Bonchev–Trinajstić information content (AvgIpc) is 2.45. The molecule has 0 spiro atoms. The molecule has 0 atom stereocenters. The van der Waals surface area contributed by atoms with Crippen molar-refractivity contribution in [2.45, 2.75) is 46.7 Å². The monoisotopic (exact) mass is 289 g/mol. The lowest BCUT2D eigenvalue weighted by atomic mass is 10.0. The fraction of sp³-hybridized carbons (Fsp3) is 0.667. The van der Waals surface area contributed by atoms with Gasteiger partial charge in [-0.15, -0.1) is 0 Å². The summed E-state index contributed by atoms with van der Waals surface area (Å²) >= 11 is 0. The van der Waals surface area contributed by atoms with Crippen LogP contribution >= 0.6 is 0 Å². The van der Waals surface area contributed by atoms with Gasteiger partial charge in [0.2, 0.25) is 0 Å². The van der Waals surface area contributed by atoms with Crippen molar-refractivity contribution in [1.29, 1.82) is 0 Å². The lowest BCUT2D eigenvalue weighted by Gasteiger charge is -2.35. The third-order valence-electron chi connectivity index (χ3n) is 4.32. The second-order valence-corrected chi connectivity index (χ2v) is 7.14. The molecule has 1 heterocycles. The molecule has 1 aromatic carbocycles. The molecule has 1 aromatic rings. The Balaban J connectivity index is 1.99. The molecule has 0 aliphatic carbocycles. The van der Waals surface area contributed by atoms with E-state index in [-0.39, 0.29) is 5.54 Å². The molecule has 3 heteroatoms. The number of hydrogen-bond acceptors (Lipinski definition) is 3. The first-order chi connectivity index (χ1) is 9.89. The van der Waals surface area contributed by atoms with Gasteiger partial charge in [0.25, 0.3) is 0 Å². The molecular weight excluding hydrogens is 258 g/mol. The topological polar surface area (TPSA) is 18.5 Å². The summed E-state index contributed by atoms with van der Waals surface area (Å²) in [4.78, 5) is 5.03. The van der Waals surface area contributed by atoms with E-state index in [2.05, 4.69) is 67.9 Å². The molecule has 1 aliphatic heterocycles. The van der Waals surface area contributed by atoms with E-state index in [0.717, 1.165) is 19.6 Å². The van der Waals surface area contributed by atoms with Crippen molar-refractivity contribution in [1.82, 2.24) is 10.2 Å². The van der Waals surface area contributed by atoms with E-state index < -0.39 is 0 Å². The van der Waals surface area contributed by atoms with Crippen molar-refractivity contribution in [3.05, 3.63) is 29.3 Å². The van der Waals surface area contributed by atoms with Crippen molar-refractivity contribution in [2.75, 3.05) is 37.6 Å². The van der Waals surface area contributed by atoms with E-state index in [4.69, 9.17) is 0 Å². The Kier molecular flexibility index (Phi) is 5.28. The van der Waals surface area contributed by atoms with Crippen LogP contribution in [0.25, 0.3) is 0 Å². The van der Waals surface area contributed by atoms with E-state index in [1.54, 1.807) is 0 Å². The third kappa shape index (κ3) is 4.72. The Hall–Kier alpha value is -1.06. The Bertz CT molecular complexity index is 454. The highest BCUT2D eigenvalue weighted by molar-refractivity contribution is 5.51. The molecule has 0 radical (unpaired) electrons. The van der Waals surface area contributed by atoms with Gasteiger partial charge in [0, 0.05) is 44.0 Å². The second kappa shape index (κ2) is 6.80. The number of likely N-dealkylation sites (N-methyl/N-ethyl adjacent to an activating group) is 1. The fourth-order valence-electron chi connectivity index (χ4n) is 2.76. The Morgan fingerprint density at radius 1 is 1.10 bits per heavy atom. The van der Waals surface area contributed by atoms with Crippen molar-refractivity contribution in [3.8, 4) is 0 Å². The number of anilines is 1. The summed E-state index contributed by atoms with van der Waals surface area (Å²) in [6, 6.07) is 6.92. The normalized spacial score (nSPS) is 17.3. The Morgan fingerprint density at radius 3 is 2.29 bits per heavy atom. The molecule has 1 aliphatic rings. The summed E-state index contributed by atoms with van der Waals surface area (Å²) < 4.78 is 0. The van der Waals surface area contributed by atoms with Gasteiger partial charge in [0.1, 0.15) is 0 Å². The highest BCUT2D eigenvalue weighted by Gasteiger charge is 2.16. The zero-order chi connectivity index (χ0) is 15.5. The van der Waals surface area contributed by atoms with Crippen LogP contribution in [0.5, 0.6) is 0 Å². The van der Waals surface area contributed by atoms with E-state index in [1.165, 1.54) is 36.4 Å². The van der Waals surface area contributed by atoms with Gasteiger partial charge in [-0.1, -0.05) is 13.0 Å². The molecule has 2 rings (SSSR count). The Labute approximate surface area is 130 Å². The maximum Gasteiger partial charge on any atom is 0.0369 e. The van der Waals surface area contributed by atoms with Crippen LogP contribution in [0.3, 0.4) is 0 Å². The van der Waals surface area contributed by atoms with Gasteiger partial charge >= 0.3 is 0 Å². The molecule has 118 valence electrons. The van der Waals surface area contributed by atoms with Gasteiger partial charge in [0.05, 0.1) is 0 Å². The molecule has 1 N–H and O–H groups in total. The zero-order valence-electron chi connectivity index (χ0n) is 14.4. The minimum absolute atomic E-state index is 0.168. The smallest absolute Gasteiger partial charge is 0.0369 e. The Morgan fingerprint density at radius 2 is 1.76 bits per heavy atom. The molecule has 0 amide bonds. The predicted octanol–water partition coefficient (Wildman–Crippen LogP) is 3.03. The van der Waals surface area contributed by atoms with Crippen LogP contribution in [0.15, 0.2) is 18.2 Å². The van der Waals surface area contributed by atoms with Crippen LogP contribution in [-0.4, -0.2) is 43.2 Å². The molecule has 0 bridgehead atoms. The lowest BCUT2D eigenvalue weighted by Crippen LogP contribution is -2.46. The van der Waals surface area contributed by atoms with Crippen molar-refractivity contribution < 1.29 is 0 Å². The second-order valence-electron chi connectivity index (χ2n) is 7.14. The van der Waals surface area contributed by atoms with Gasteiger partial charge in [-0.25, -0.2) is 0 Å². The van der Waals surface area contributed by atoms with Crippen LogP contribution in [-0.2, 0) is 6.54 Å². The highest BCUT2D eigenvalue weighted by Crippen LogP contribution is 2.21. The number of nitrogens with zero attached hydrogens (tertiary/aromatic N) is 2. The number of piperazine rings is 1. The molecule has 1 saturated heterocycles. The van der Waals surface area contributed by atoms with Crippen LogP contribution < -0.4 is 10.2 Å². The highest BCUT2D eigenvalue weighted by atomic mass is 15.3. The van der Waals surface area contributed by atoms with Crippen molar-refractivity contribution in [3.63, 3.8) is 0 Å². The zero-order valence-corrected chi connectivity index (χ0v) is 14.4. The minimum atomic E-state index is 0.168. The summed E-state index contributed by atoms with van der Waals surface area (Å²) in [6.45, 7) is 17.9. The van der Waals surface area contributed by atoms with Crippen LogP contribution in [0.1, 0.15) is 38.8 Å². The summed E-state index contributed by atoms with van der Waals surface area (Å²) in [5.41, 5.74) is 4.34. The summed E-state index contributed by atoms with van der Waals surface area (Å²) in [5, 5.41) is 3.57. The first-order valence-electron chi connectivity index (χ1n) is 8.21. The van der Waals surface area contributed by atoms with Gasteiger partial charge in [0.15, 0.2) is 0 Å². The van der Waals surface area contributed by atoms with Crippen LogP contribution in [0.4, 0.5) is 5.69 Å². The van der Waals surface area contributed by atoms with Crippen molar-refractivity contribution in [2.24, 2.45) is 0 Å². The molecule has 3 nitrogen and oxygen atoms in total. The maximum absolute atomic E-state index is 3.57. The third-order valence-corrected chi connectivity index (χ3v) is 4.32. The lowest BCUT2D eigenvalue weighted by molar-refractivity contribution is 0.271. The summed E-state index contributed by atoms with van der Waals surface area (Å²) in [6.07, 6.45) is 0. The van der Waals surface area contributed by atoms with Crippen LogP contribution in [0.2, 0.25) is 0 Å². The van der Waals surface area contributed by atoms with Gasteiger partial charge in [-0.3, -0.25) is 0 Å². The SMILES string of the molecule is CCN1CCN(c2ccc(CNC(C)(C)C)c(C)c2)CC1. The quantitative estimate of drug-likeness (QED) is 0.919. The molecular formula is C18H31N3. The molecule has 0 aromatic heterocycles. The van der Waals surface area contributed by atoms with Gasteiger partial charge in [-0.05, 0) is 57.5 Å². The van der Waals surface area contributed by atoms with Crippen LogP contribution in [0, 0.1) is 6.92 Å². The average molecular weight is 289 g/mol. The predicted molar refractivity (Wildman–Crippen MR) is 92.1 cm³/mol. The maximum atomic E-state index is 3.57. The van der Waals surface area contributed by atoms with Gasteiger partial charge in [-0.2, -0.15) is 0 Å². The molecule has 0 saturated carbocycles. The largest absolute Gasteiger partial charge is 0.369 e. The first kappa shape index (κ1) is 16.3. The standard InChI is InChI=1S/C18H31N3/c1-6-20-9-11-21(12-10-20)17-8-7-16(15(2)13-17)14-19-18(3,4)5/h7-8,13,19H,6,9-12,14H2,1-5H3. The number of rotatable bonds is 4. The van der Waals surface area contributed by atoms with E-state index in [9.17, 15) is 0 Å². The molecule has 0 unspecified atom stereocenters. The summed E-state index contributed by atoms with van der Waals surface area (Å²) in [5.74, 6) is 0. The van der Waals surface area contributed by atoms with E-state index >= 15 is 0 Å². The number of benzene rings is 1. The van der Waals surface area contributed by atoms with E-state index in [0.29, 0.717) is 0 Å². The first-order valence-corrected chi connectivity index (χ1v) is 8.21. The van der Waals surface area contributed by atoms with E-state index in [1.807, 2.05) is 0 Å². The minimum Gasteiger partial charge on any atom is -0.369 e. The number of nitrogens with one attached hydrogen (secondary N) is 1. The fourth-order valence-corrected chi connectivity index (χ4v) is 2.76. The number of hydrogen-bond donors (Lipinski definition) is 1. The number of aryl methyl sites for hydroxylation is 1.